The van der Waals surface area contributed by atoms with Crippen molar-refractivity contribution >= 4 is 0 Å². The summed E-state index contributed by atoms with van der Waals surface area (Å²) in [5.41, 5.74) is 0. The quantitative estimate of drug-likeness (QED) is 0.422. The number of halogens is 6. The Morgan fingerprint density at radius 1 is 1.12 bits per heavy atom. The highest BCUT2D eigenvalue weighted by molar-refractivity contribution is 4.86. The summed E-state index contributed by atoms with van der Waals surface area (Å²) >= 11 is 0. The molecule has 0 saturated carbocycles. The molecule has 17 heavy (non-hydrogen) atoms. The molecular weight excluding hydrogens is 252 g/mol. The number of aryl methyl sites for hydroxylation is 2. The van der Waals surface area contributed by atoms with Crippen LogP contribution >= 0.6 is 0 Å². The standard InChI is InChI=1S/C6H11N2.C2F6N/c1-3-8-5-4-7(2)6-8;3-1(4,5)9-2(6,7)8/h4-6H,3H2,1-2H3;/q+1;-1. The molecule has 100 valence electrons. The van der Waals surface area contributed by atoms with Crippen LogP contribution in [0.5, 0.6) is 0 Å². The second-order valence-corrected chi connectivity index (χ2v) is 2.96. The molecule has 3 nitrogen and oxygen atoms in total. The smallest absolute Gasteiger partial charge is 0.318 e. The first kappa shape index (κ1) is 15.8. The lowest BCUT2D eigenvalue weighted by Gasteiger charge is -2.26. The van der Waals surface area contributed by atoms with Crippen molar-refractivity contribution in [3.63, 3.8) is 0 Å². The lowest BCUT2D eigenvalue weighted by atomic mass is 10.7. The van der Waals surface area contributed by atoms with Gasteiger partial charge in [0.15, 0.2) is 0 Å². The molecule has 0 aliphatic carbocycles. The van der Waals surface area contributed by atoms with Crippen LogP contribution in [-0.2, 0) is 13.6 Å². The van der Waals surface area contributed by atoms with Gasteiger partial charge in [-0.15, -0.1) is 0 Å². The Hall–Kier alpha value is -1.25. The van der Waals surface area contributed by atoms with Crippen molar-refractivity contribution in [1.82, 2.24) is 4.57 Å². The van der Waals surface area contributed by atoms with E-state index < -0.39 is 12.6 Å². The van der Waals surface area contributed by atoms with E-state index >= 15 is 0 Å². The molecule has 1 rings (SSSR count). The average molecular weight is 263 g/mol. The van der Waals surface area contributed by atoms with Crippen LogP contribution in [-0.4, -0.2) is 17.2 Å². The Balaban J connectivity index is 0.000000302. The van der Waals surface area contributed by atoms with Gasteiger partial charge in [-0.2, -0.15) is 26.3 Å². The minimum Gasteiger partial charge on any atom is -0.478 e. The van der Waals surface area contributed by atoms with Gasteiger partial charge in [0.1, 0.15) is 12.4 Å². The molecule has 0 N–H and O–H groups in total. The van der Waals surface area contributed by atoms with E-state index in [1.807, 2.05) is 17.8 Å². The van der Waals surface area contributed by atoms with E-state index in [1.54, 1.807) is 0 Å². The molecule has 1 heterocycles. The fraction of sp³-hybridized carbons (Fsp3) is 0.625. The first-order valence-electron chi connectivity index (χ1n) is 4.42. The zero-order chi connectivity index (χ0) is 13.7. The first-order chi connectivity index (χ1) is 7.53. The summed E-state index contributed by atoms with van der Waals surface area (Å²) in [5, 5.41) is 0.542. The number of aromatic nitrogens is 2. The minimum atomic E-state index is -5.52. The normalized spacial score (nSPS) is 12.0. The highest BCUT2D eigenvalue weighted by atomic mass is 19.4. The molecular formula is C8H11F6N3. The molecule has 0 bridgehead atoms. The molecule has 0 aliphatic heterocycles. The van der Waals surface area contributed by atoms with Gasteiger partial charge in [0.05, 0.1) is 13.6 Å². The molecule has 0 atom stereocenters. The van der Waals surface area contributed by atoms with Gasteiger partial charge in [0.25, 0.3) is 0 Å². The van der Waals surface area contributed by atoms with Crippen LogP contribution in [0.2, 0.25) is 0 Å². The molecule has 9 heteroatoms. The average Bonchev–Trinajstić information content (AvgIpc) is 2.45. The zero-order valence-corrected chi connectivity index (χ0v) is 9.05. The summed E-state index contributed by atoms with van der Waals surface area (Å²) < 4.78 is 68.1. The van der Waals surface area contributed by atoms with Crippen LogP contribution in [0.1, 0.15) is 6.92 Å². The largest absolute Gasteiger partial charge is 0.478 e. The number of rotatable bonds is 1. The van der Waals surface area contributed by atoms with Crippen LogP contribution in [0.25, 0.3) is 5.32 Å². The van der Waals surface area contributed by atoms with Gasteiger partial charge < -0.3 is 5.32 Å². The van der Waals surface area contributed by atoms with Crippen LogP contribution in [0.15, 0.2) is 18.7 Å². The van der Waals surface area contributed by atoms with Gasteiger partial charge in [-0.3, -0.25) is 0 Å². The number of hydrogen-bond donors (Lipinski definition) is 0. The molecule has 1 aromatic heterocycles. The highest BCUT2D eigenvalue weighted by Crippen LogP contribution is 2.34. The summed E-state index contributed by atoms with van der Waals surface area (Å²) in [6.07, 6.45) is -4.89. The van der Waals surface area contributed by atoms with Crippen molar-refractivity contribution in [2.45, 2.75) is 26.1 Å². The summed E-state index contributed by atoms with van der Waals surface area (Å²) in [4.78, 5) is 0. The Bertz CT molecular complexity index is 315. The minimum absolute atomic E-state index is 0.542. The first-order valence-corrected chi connectivity index (χ1v) is 4.42. The third kappa shape index (κ3) is 9.67. The lowest BCUT2D eigenvalue weighted by Crippen LogP contribution is -2.23. The summed E-state index contributed by atoms with van der Waals surface area (Å²) in [5.74, 6) is 0. The maximum atomic E-state index is 10.7. The molecule has 0 fully saturated rings. The molecule has 0 aliphatic rings. The van der Waals surface area contributed by atoms with E-state index in [4.69, 9.17) is 0 Å². The monoisotopic (exact) mass is 263 g/mol. The third-order valence-corrected chi connectivity index (χ3v) is 1.44. The van der Waals surface area contributed by atoms with Crippen molar-refractivity contribution in [1.29, 1.82) is 0 Å². The molecule has 0 saturated heterocycles. The van der Waals surface area contributed by atoms with E-state index in [9.17, 15) is 26.3 Å². The van der Waals surface area contributed by atoms with Gasteiger partial charge in [-0.05, 0) is 6.92 Å². The van der Waals surface area contributed by atoms with E-state index in [2.05, 4.69) is 24.0 Å². The van der Waals surface area contributed by atoms with Crippen LogP contribution in [0.3, 0.4) is 0 Å². The molecule has 0 spiro atoms. The lowest BCUT2D eigenvalue weighted by molar-refractivity contribution is -0.671. The van der Waals surface area contributed by atoms with E-state index in [0.29, 0.717) is 5.32 Å². The zero-order valence-electron chi connectivity index (χ0n) is 9.05. The maximum absolute atomic E-state index is 10.7. The van der Waals surface area contributed by atoms with Gasteiger partial charge >= 0.3 is 12.6 Å². The van der Waals surface area contributed by atoms with Crippen molar-refractivity contribution in [3.8, 4) is 0 Å². The number of hydrogen-bond acceptors (Lipinski definition) is 0. The van der Waals surface area contributed by atoms with Gasteiger partial charge in [-0.1, -0.05) is 0 Å². The van der Waals surface area contributed by atoms with Crippen molar-refractivity contribution in [2.75, 3.05) is 0 Å². The van der Waals surface area contributed by atoms with Gasteiger partial charge in [0, 0.05) is 0 Å². The molecule has 0 aromatic carbocycles. The summed E-state index contributed by atoms with van der Waals surface area (Å²) in [6, 6.07) is 0. The maximum Gasteiger partial charge on any atom is 0.318 e. The van der Waals surface area contributed by atoms with Crippen molar-refractivity contribution < 1.29 is 30.9 Å². The second-order valence-electron chi connectivity index (χ2n) is 2.96. The Kier molecular flexibility index (Phi) is 5.46. The Labute approximate surface area is 93.7 Å². The van der Waals surface area contributed by atoms with Crippen LogP contribution in [0.4, 0.5) is 26.3 Å². The molecule has 0 radical (unpaired) electrons. The van der Waals surface area contributed by atoms with Gasteiger partial charge in [0.2, 0.25) is 6.33 Å². The van der Waals surface area contributed by atoms with Crippen molar-refractivity contribution in [3.05, 3.63) is 24.0 Å². The summed E-state index contributed by atoms with van der Waals surface area (Å²) in [7, 11) is 2.02. The molecule has 0 unspecified atom stereocenters. The molecule has 1 aromatic rings. The van der Waals surface area contributed by atoms with Gasteiger partial charge in [-0.25, -0.2) is 9.13 Å². The Morgan fingerprint density at radius 2 is 1.59 bits per heavy atom. The van der Waals surface area contributed by atoms with Crippen LogP contribution in [0, 0.1) is 0 Å². The highest BCUT2D eigenvalue weighted by Gasteiger charge is 2.27. The molecule has 0 amide bonds. The predicted octanol–water partition coefficient (Wildman–Crippen LogP) is 2.73. The van der Waals surface area contributed by atoms with Crippen LogP contribution < -0.4 is 4.57 Å². The number of imidazole rings is 1. The predicted molar refractivity (Wildman–Crippen MR) is 46.8 cm³/mol. The fourth-order valence-corrected chi connectivity index (χ4v) is 0.833. The fourth-order valence-electron chi connectivity index (χ4n) is 0.833. The Morgan fingerprint density at radius 3 is 1.71 bits per heavy atom. The topological polar surface area (TPSA) is 22.9 Å². The summed E-state index contributed by atoms with van der Waals surface area (Å²) in [6.45, 7) is 3.18. The van der Waals surface area contributed by atoms with E-state index in [0.717, 1.165) is 6.54 Å². The van der Waals surface area contributed by atoms with E-state index in [-0.39, 0.29) is 0 Å². The number of nitrogens with zero attached hydrogens (tertiary/aromatic N) is 3. The SMILES string of the molecule is CCn1cc[n+](C)c1.FC(F)(F)[N-]C(F)(F)F. The second kappa shape index (κ2) is 5.89. The van der Waals surface area contributed by atoms with Crippen molar-refractivity contribution in [2.24, 2.45) is 7.05 Å². The third-order valence-electron chi connectivity index (χ3n) is 1.44. The van der Waals surface area contributed by atoms with E-state index in [1.165, 1.54) is 0 Å². The number of alkyl halides is 6.